The maximum atomic E-state index is 6.10. The second kappa shape index (κ2) is 8.46. The van der Waals surface area contributed by atoms with E-state index in [9.17, 15) is 0 Å². The first kappa shape index (κ1) is 18.5. The fourth-order valence-electron chi connectivity index (χ4n) is 4.58. The Bertz CT molecular complexity index is 651. The molecule has 3 fully saturated rings. The van der Waals surface area contributed by atoms with Crippen LogP contribution >= 0.6 is 0 Å². The van der Waals surface area contributed by atoms with Gasteiger partial charge in [-0.1, -0.05) is 6.42 Å². The minimum absolute atomic E-state index is 0.330. The molecular formula is C21H32N4O2. The van der Waals surface area contributed by atoms with Gasteiger partial charge < -0.3 is 19.7 Å². The first-order valence-electron chi connectivity index (χ1n) is 10.4. The lowest BCUT2D eigenvalue weighted by molar-refractivity contribution is 0.148. The van der Waals surface area contributed by atoms with E-state index in [1.165, 1.54) is 37.7 Å². The molecule has 1 aromatic rings. The third-order valence-electron chi connectivity index (χ3n) is 6.22. The summed E-state index contributed by atoms with van der Waals surface area (Å²) in [7, 11) is 1.86. The second-order valence-corrected chi connectivity index (χ2v) is 8.26. The molecule has 1 spiro atoms. The number of rotatable bonds is 4. The van der Waals surface area contributed by atoms with Crippen LogP contribution in [-0.4, -0.2) is 55.3 Å². The fraction of sp³-hybridized carbons (Fsp3) is 0.714. The molecule has 3 aliphatic rings. The highest BCUT2D eigenvalue weighted by molar-refractivity contribution is 5.80. The Morgan fingerprint density at radius 2 is 2.26 bits per heavy atom. The molecule has 1 N–H and O–H groups in total. The third-order valence-corrected chi connectivity index (χ3v) is 6.22. The lowest BCUT2D eigenvalue weighted by Gasteiger charge is -2.25. The van der Waals surface area contributed by atoms with Crippen molar-refractivity contribution in [1.29, 1.82) is 0 Å². The zero-order valence-electron chi connectivity index (χ0n) is 16.5. The number of nitrogens with zero attached hydrogens (tertiary/aromatic N) is 3. The van der Waals surface area contributed by atoms with Gasteiger partial charge in [0.15, 0.2) is 5.96 Å². The quantitative estimate of drug-likeness (QED) is 0.650. The number of aliphatic imine (C=N–C) groups is 1. The van der Waals surface area contributed by atoms with Crippen molar-refractivity contribution in [3.05, 3.63) is 23.9 Å². The molecule has 0 bridgehead atoms. The first-order valence-corrected chi connectivity index (χ1v) is 10.4. The number of nitrogens with one attached hydrogen (secondary N) is 1. The van der Waals surface area contributed by atoms with E-state index in [4.69, 9.17) is 9.47 Å². The molecule has 0 aromatic carbocycles. The molecule has 0 amide bonds. The molecule has 6 heteroatoms. The monoisotopic (exact) mass is 372 g/mol. The minimum Gasteiger partial charge on any atom is -0.474 e. The highest BCUT2D eigenvalue weighted by Gasteiger charge is 2.42. The van der Waals surface area contributed by atoms with E-state index in [0.29, 0.717) is 11.5 Å². The van der Waals surface area contributed by atoms with Crippen LogP contribution in [0, 0.1) is 5.41 Å². The van der Waals surface area contributed by atoms with E-state index in [-0.39, 0.29) is 0 Å². The molecule has 1 aliphatic carbocycles. The third kappa shape index (κ3) is 4.54. The van der Waals surface area contributed by atoms with Crippen molar-refractivity contribution < 1.29 is 9.47 Å². The lowest BCUT2D eigenvalue weighted by atomic mass is 9.87. The van der Waals surface area contributed by atoms with Gasteiger partial charge in [-0.05, 0) is 50.2 Å². The van der Waals surface area contributed by atoms with Gasteiger partial charge in [0.25, 0.3) is 0 Å². The number of hydrogen-bond donors (Lipinski definition) is 1. The van der Waals surface area contributed by atoms with Crippen LogP contribution in [0.4, 0.5) is 0 Å². The van der Waals surface area contributed by atoms with Crippen molar-refractivity contribution in [1.82, 2.24) is 15.2 Å². The molecule has 6 nitrogen and oxygen atoms in total. The van der Waals surface area contributed by atoms with Crippen LogP contribution < -0.4 is 10.1 Å². The summed E-state index contributed by atoms with van der Waals surface area (Å²) < 4.78 is 11.7. The van der Waals surface area contributed by atoms with E-state index in [1.807, 2.05) is 19.3 Å². The zero-order valence-corrected chi connectivity index (χ0v) is 16.5. The van der Waals surface area contributed by atoms with Gasteiger partial charge in [-0.2, -0.15) is 0 Å². The number of pyridine rings is 1. The average molecular weight is 373 g/mol. The maximum absolute atomic E-state index is 6.10. The molecule has 1 atom stereocenters. The van der Waals surface area contributed by atoms with Gasteiger partial charge in [-0.25, -0.2) is 4.98 Å². The molecule has 1 unspecified atom stereocenters. The summed E-state index contributed by atoms with van der Waals surface area (Å²) in [6, 6.07) is 4.11. The van der Waals surface area contributed by atoms with Crippen molar-refractivity contribution in [3.8, 4) is 5.88 Å². The molecule has 3 heterocycles. The Morgan fingerprint density at radius 3 is 3.04 bits per heavy atom. The Kier molecular flexibility index (Phi) is 5.81. The summed E-state index contributed by atoms with van der Waals surface area (Å²) in [5, 5.41) is 3.52. The predicted octanol–water partition coefficient (Wildman–Crippen LogP) is 2.98. The van der Waals surface area contributed by atoms with Gasteiger partial charge in [-0.3, -0.25) is 4.99 Å². The van der Waals surface area contributed by atoms with Gasteiger partial charge in [0.1, 0.15) is 6.10 Å². The Morgan fingerprint density at radius 1 is 1.37 bits per heavy atom. The summed E-state index contributed by atoms with van der Waals surface area (Å²) >= 11 is 0. The number of ether oxygens (including phenoxy) is 2. The van der Waals surface area contributed by atoms with Crippen LogP contribution in [0.2, 0.25) is 0 Å². The molecule has 1 saturated carbocycles. The molecule has 148 valence electrons. The van der Waals surface area contributed by atoms with E-state index in [0.717, 1.165) is 57.5 Å². The Labute approximate surface area is 162 Å². The van der Waals surface area contributed by atoms with Crippen LogP contribution in [0.25, 0.3) is 0 Å². The van der Waals surface area contributed by atoms with E-state index >= 15 is 0 Å². The van der Waals surface area contributed by atoms with Crippen LogP contribution in [-0.2, 0) is 11.3 Å². The highest BCUT2D eigenvalue weighted by atomic mass is 16.5. The van der Waals surface area contributed by atoms with E-state index in [1.54, 1.807) is 0 Å². The molecule has 27 heavy (non-hydrogen) atoms. The number of hydrogen-bond acceptors (Lipinski definition) is 4. The van der Waals surface area contributed by atoms with Crippen molar-refractivity contribution in [2.75, 3.05) is 33.4 Å². The number of aromatic nitrogens is 1. The van der Waals surface area contributed by atoms with Gasteiger partial charge in [-0.15, -0.1) is 0 Å². The fourth-order valence-corrected chi connectivity index (χ4v) is 4.58. The predicted molar refractivity (Wildman–Crippen MR) is 106 cm³/mol. The van der Waals surface area contributed by atoms with Crippen molar-refractivity contribution >= 4 is 5.96 Å². The molecule has 4 rings (SSSR count). The highest BCUT2D eigenvalue weighted by Crippen LogP contribution is 2.38. The molecule has 1 aromatic heterocycles. The normalized spacial score (nSPS) is 26.7. The average Bonchev–Trinajstić information content (AvgIpc) is 3.34. The summed E-state index contributed by atoms with van der Waals surface area (Å²) in [5.74, 6) is 1.73. The standard InChI is InChI=1S/C21H32N4O2/c1-22-20(25-11-8-21(15-25)9-12-26-16-21)24-14-17-7-10-23-19(13-17)27-18-5-3-2-4-6-18/h7,10,13,18H,2-6,8-9,11-12,14-16H2,1H3,(H,22,24). The van der Waals surface area contributed by atoms with Crippen molar-refractivity contribution in [2.24, 2.45) is 10.4 Å². The smallest absolute Gasteiger partial charge is 0.213 e. The van der Waals surface area contributed by atoms with Gasteiger partial charge in [0, 0.05) is 51.0 Å². The summed E-state index contributed by atoms with van der Waals surface area (Å²) in [6.45, 7) is 4.62. The van der Waals surface area contributed by atoms with Crippen LogP contribution in [0.1, 0.15) is 50.5 Å². The largest absolute Gasteiger partial charge is 0.474 e. The van der Waals surface area contributed by atoms with Crippen LogP contribution in [0.3, 0.4) is 0 Å². The maximum Gasteiger partial charge on any atom is 0.213 e. The Hall–Kier alpha value is -1.82. The summed E-state index contributed by atoms with van der Waals surface area (Å²) in [4.78, 5) is 11.3. The van der Waals surface area contributed by atoms with Crippen LogP contribution in [0.5, 0.6) is 5.88 Å². The van der Waals surface area contributed by atoms with Crippen molar-refractivity contribution in [3.63, 3.8) is 0 Å². The van der Waals surface area contributed by atoms with E-state index < -0.39 is 0 Å². The second-order valence-electron chi connectivity index (χ2n) is 8.26. The SMILES string of the molecule is CN=C(NCc1ccnc(OC2CCCCC2)c1)N1CCC2(CCOC2)C1. The summed E-state index contributed by atoms with van der Waals surface area (Å²) in [5.41, 5.74) is 1.52. The molecule has 2 aliphatic heterocycles. The molecule has 2 saturated heterocycles. The first-order chi connectivity index (χ1) is 13.3. The van der Waals surface area contributed by atoms with Gasteiger partial charge in [0.05, 0.1) is 6.61 Å². The minimum atomic E-state index is 0.330. The number of likely N-dealkylation sites (tertiary alicyclic amines) is 1. The number of guanidine groups is 1. The molecular weight excluding hydrogens is 340 g/mol. The lowest BCUT2D eigenvalue weighted by Crippen LogP contribution is -2.41. The van der Waals surface area contributed by atoms with Gasteiger partial charge in [0.2, 0.25) is 5.88 Å². The summed E-state index contributed by atoms with van der Waals surface area (Å²) in [6.07, 6.45) is 10.7. The van der Waals surface area contributed by atoms with Crippen molar-refractivity contribution in [2.45, 2.75) is 57.6 Å². The Balaban J connectivity index is 1.31. The van der Waals surface area contributed by atoms with Gasteiger partial charge >= 0.3 is 0 Å². The zero-order chi connectivity index (χ0) is 18.5. The van der Waals surface area contributed by atoms with E-state index in [2.05, 4.69) is 26.3 Å². The molecule has 0 radical (unpaired) electrons. The van der Waals surface area contributed by atoms with Crippen LogP contribution in [0.15, 0.2) is 23.3 Å². The topological polar surface area (TPSA) is 59.0 Å².